The molecule has 5 aromatic rings. The summed E-state index contributed by atoms with van der Waals surface area (Å²) < 4.78 is 6.05. The lowest BCUT2D eigenvalue weighted by molar-refractivity contribution is 0.462. The lowest BCUT2D eigenvalue weighted by Gasteiger charge is -2.12. The second-order valence-electron chi connectivity index (χ2n) is 8.83. The molecule has 4 heteroatoms. The maximum Gasteiger partial charge on any atom is 0.266 e. The smallest absolute Gasteiger partial charge is 0.266 e. The van der Waals surface area contributed by atoms with E-state index in [4.69, 9.17) is 9.72 Å². The van der Waals surface area contributed by atoms with Gasteiger partial charge in [0.15, 0.2) is 0 Å². The van der Waals surface area contributed by atoms with Gasteiger partial charge in [-0.25, -0.2) is 4.98 Å². The third kappa shape index (κ3) is 3.67. The second-order valence-corrected chi connectivity index (χ2v) is 8.83. The highest BCUT2D eigenvalue weighted by molar-refractivity contribution is 6.98. The molecule has 0 bridgehead atoms. The molecule has 34 heavy (non-hydrogen) atoms. The predicted octanol–water partition coefficient (Wildman–Crippen LogP) is 5.05. The topological polar surface area (TPSA) is 35.0 Å². The van der Waals surface area contributed by atoms with Crippen molar-refractivity contribution in [3.05, 3.63) is 115 Å². The zero-order chi connectivity index (χ0) is 23.1. The van der Waals surface area contributed by atoms with Crippen LogP contribution in [0.3, 0.4) is 0 Å². The summed E-state index contributed by atoms with van der Waals surface area (Å²) in [7, 11) is 0. The molecular weight excluding hydrogens is 415 g/mol. The zero-order valence-corrected chi connectivity index (χ0v) is 19.2. The SMILES string of the molecule is Cc1ccnc(Oc2cccc(-c3ccc4c(c3)B(c3cccc(C)n3)c3ccccc3-4)c2)c1. The Bertz CT molecular complexity index is 1530. The van der Waals surface area contributed by atoms with E-state index in [0.29, 0.717) is 5.88 Å². The Hall–Kier alpha value is -4.18. The summed E-state index contributed by atoms with van der Waals surface area (Å²) in [5, 5.41) is 0. The van der Waals surface area contributed by atoms with Crippen molar-refractivity contribution in [2.45, 2.75) is 13.8 Å². The molecule has 0 amide bonds. The van der Waals surface area contributed by atoms with Crippen LogP contribution in [0, 0.1) is 13.8 Å². The van der Waals surface area contributed by atoms with Crippen LogP contribution < -0.4 is 21.3 Å². The highest BCUT2D eigenvalue weighted by Gasteiger charge is 2.34. The molecule has 1 aliphatic rings. The van der Waals surface area contributed by atoms with Gasteiger partial charge in [-0.3, -0.25) is 4.98 Å². The van der Waals surface area contributed by atoms with Crippen molar-refractivity contribution < 1.29 is 4.74 Å². The summed E-state index contributed by atoms with van der Waals surface area (Å²) in [6, 6.07) is 33.8. The van der Waals surface area contributed by atoms with Crippen molar-refractivity contribution in [2.24, 2.45) is 0 Å². The van der Waals surface area contributed by atoms with Crippen LogP contribution in [-0.2, 0) is 0 Å². The van der Waals surface area contributed by atoms with E-state index >= 15 is 0 Å². The molecular formula is C30H23BN2O. The molecule has 0 unspecified atom stereocenters. The van der Waals surface area contributed by atoms with Gasteiger partial charge in [-0.2, -0.15) is 0 Å². The average molecular weight is 438 g/mol. The fraction of sp³-hybridized carbons (Fsp3) is 0.0667. The molecule has 162 valence electrons. The fourth-order valence-corrected chi connectivity index (χ4v) is 4.86. The highest BCUT2D eigenvalue weighted by Crippen LogP contribution is 2.30. The summed E-state index contributed by atoms with van der Waals surface area (Å²) in [4.78, 5) is 9.23. The Morgan fingerprint density at radius 3 is 2.38 bits per heavy atom. The zero-order valence-electron chi connectivity index (χ0n) is 19.2. The van der Waals surface area contributed by atoms with E-state index in [0.717, 1.165) is 33.7 Å². The molecule has 2 aromatic heterocycles. The van der Waals surface area contributed by atoms with E-state index in [1.165, 1.54) is 22.1 Å². The van der Waals surface area contributed by atoms with E-state index in [1.807, 2.05) is 31.2 Å². The Morgan fingerprint density at radius 2 is 1.50 bits per heavy atom. The first-order valence-electron chi connectivity index (χ1n) is 11.5. The number of aromatic nitrogens is 2. The largest absolute Gasteiger partial charge is 0.439 e. The summed E-state index contributed by atoms with van der Waals surface area (Å²) in [5.41, 5.74) is 10.7. The van der Waals surface area contributed by atoms with Crippen molar-refractivity contribution in [3.63, 3.8) is 0 Å². The lowest BCUT2D eigenvalue weighted by atomic mass is 9.40. The van der Waals surface area contributed by atoms with Gasteiger partial charge in [0.1, 0.15) is 5.75 Å². The van der Waals surface area contributed by atoms with Gasteiger partial charge in [0.05, 0.1) is 0 Å². The Balaban J connectivity index is 1.42. The van der Waals surface area contributed by atoms with E-state index in [1.54, 1.807) is 6.20 Å². The Morgan fingerprint density at radius 1 is 0.676 bits per heavy atom. The summed E-state index contributed by atoms with van der Waals surface area (Å²) in [6.07, 6.45) is 1.77. The second kappa shape index (κ2) is 8.31. The normalized spacial score (nSPS) is 11.8. The van der Waals surface area contributed by atoms with Gasteiger partial charge in [0.2, 0.25) is 5.88 Å². The first kappa shape index (κ1) is 20.4. The van der Waals surface area contributed by atoms with Crippen LogP contribution in [0.25, 0.3) is 22.3 Å². The number of hydrogen-bond donors (Lipinski definition) is 0. The van der Waals surface area contributed by atoms with Crippen molar-refractivity contribution in [1.29, 1.82) is 0 Å². The minimum Gasteiger partial charge on any atom is -0.439 e. The molecule has 3 aromatic carbocycles. The monoisotopic (exact) mass is 438 g/mol. The number of hydrogen-bond acceptors (Lipinski definition) is 3. The number of benzene rings is 3. The summed E-state index contributed by atoms with van der Waals surface area (Å²) >= 11 is 0. The number of pyridine rings is 2. The number of rotatable bonds is 4. The predicted molar refractivity (Wildman–Crippen MR) is 140 cm³/mol. The van der Waals surface area contributed by atoms with Crippen LogP contribution in [0.15, 0.2) is 103 Å². The van der Waals surface area contributed by atoms with Crippen LogP contribution in [0.2, 0.25) is 0 Å². The molecule has 0 saturated carbocycles. The molecule has 0 fully saturated rings. The first-order chi connectivity index (χ1) is 16.7. The van der Waals surface area contributed by atoms with Gasteiger partial charge in [-0.05, 0) is 72.0 Å². The van der Waals surface area contributed by atoms with E-state index < -0.39 is 0 Å². The van der Waals surface area contributed by atoms with E-state index in [2.05, 4.69) is 84.7 Å². The molecule has 6 rings (SSSR count). The van der Waals surface area contributed by atoms with Crippen LogP contribution in [0.5, 0.6) is 11.6 Å². The molecule has 3 heterocycles. The van der Waals surface area contributed by atoms with Crippen LogP contribution >= 0.6 is 0 Å². The number of nitrogens with zero attached hydrogens (tertiary/aromatic N) is 2. The quantitative estimate of drug-likeness (QED) is 0.362. The molecule has 3 nitrogen and oxygen atoms in total. The van der Waals surface area contributed by atoms with Gasteiger partial charge in [0.25, 0.3) is 6.71 Å². The third-order valence-corrected chi connectivity index (χ3v) is 6.41. The molecule has 1 aliphatic heterocycles. The van der Waals surface area contributed by atoms with Crippen LogP contribution in [-0.4, -0.2) is 16.7 Å². The van der Waals surface area contributed by atoms with Crippen LogP contribution in [0.4, 0.5) is 0 Å². The summed E-state index contributed by atoms with van der Waals surface area (Å²) in [5.74, 6) is 1.38. The number of fused-ring (bicyclic) bond motifs is 3. The van der Waals surface area contributed by atoms with Gasteiger partial charge in [-0.15, -0.1) is 0 Å². The number of ether oxygens (including phenoxy) is 1. The molecule has 0 aliphatic carbocycles. The van der Waals surface area contributed by atoms with Gasteiger partial charge < -0.3 is 4.74 Å². The minimum absolute atomic E-state index is 0.127. The van der Waals surface area contributed by atoms with Crippen LogP contribution in [0.1, 0.15) is 11.3 Å². The Labute approximate surface area is 200 Å². The van der Waals surface area contributed by atoms with E-state index in [-0.39, 0.29) is 6.71 Å². The van der Waals surface area contributed by atoms with Gasteiger partial charge in [-0.1, -0.05) is 71.6 Å². The molecule has 0 saturated heterocycles. The lowest BCUT2D eigenvalue weighted by Crippen LogP contribution is -2.50. The minimum atomic E-state index is 0.127. The van der Waals surface area contributed by atoms with Crippen molar-refractivity contribution in [1.82, 2.24) is 9.97 Å². The third-order valence-electron chi connectivity index (χ3n) is 6.41. The average Bonchev–Trinajstić information content (AvgIpc) is 3.18. The van der Waals surface area contributed by atoms with Gasteiger partial charge >= 0.3 is 0 Å². The van der Waals surface area contributed by atoms with Gasteiger partial charge in [0, 0.05) is 23.6 Å². The standard InChI is InChI=1S/C30H23BN2O/c1-20-15-16-32-30(17-20)34-24-9-6-8-22(18-24)23-13-14-26-25-10-3-4-11-27(25)31(28(26)19-23)29-12-5-7-21(2)33-29/h3-19H,1-2H3. The maximum absolute atomic E-state index is 6.05. The maximum atomic E-state index is 6.05. The highest BCUT2D eigenvalue weighted by atomic mass is 16.5. The van der Waals surface area contributed by atoms with Crippen molar-refractivity contribution in [3.8, 4) is 33.9 Å². The fourth-order valence-electron chi connectivity index (χ4n) is 4.86. The Kier molecular flexibility index (Phi) is 4.99. The summed E-state index contributed by atoms with van der Waals surface area (Å²) in [6.45, 7) is 4.21. The van der Waals surface area contributed by atoms with Crippen molar-refractivity contribution in [2.75, 3.05) is 0 Å². The molecule has 0 atom stereocenters. The first-order valence-corrected chi connectivity index (χ1v) is 11.5. The number of aryl methyl sites for hydroxylation is 2. The molecule has 0 radical (unpaired) electrons. The molecule has 0 N–H and O–H groups in total. The molecule has 0 spiro atoms. The van der Waals surface area contributed by atoms with Crippen molar-refractivity contribution >= 4 is 23.2 Å². The van der Waals surface area contributed by atoms with E-state index in [9.17, 15) is 0 Å².